The minimum absolute atomic E-state index is 0.352. The lowest BCUT2D eigenvalue weighted by atomic mass is 10.1. The van der Waals surface area contributed by atoms with Crippen LogP contribution in [0.15, 0.2) is 12.1 Å². The SMILES string of the molecule is C#CC(C)(C)NCc1ccc(C(=O)O)s1. The molecule has 0 saturated carbocycles. The van der Waals surface area contributed by atoms with Crippen LogP contribution in [-0.2, 0) is 6.54 Å². The molecule has 0 aliphatic carbocycles. The zero-order valence-electron chi connectivity index (χ0n) is 8.70. The molecular weight excluding hydrogens is 210 g/mol. The number of nitrogens with one attached hydrogen (secondary N) is 1. The van der Waals surface area contributed by atoms with Crippen molar-refractivity contribution in [2.24, 2.45) is 0 Å². The Morgan fingerprint density at radius 3 is 2.80 bits per heavy atom. The highest BCUT2D eigenvalue weighted by atomic mass is 32.1. The highest BCUT2D eigenvalue weighted by Gasteiger charge is 2.13. The summed E-state index contributed by atoms with van der Waals surface area (Å²) in [6.07, 6.45) is 5.32. The van der Waals surface area contributed by atoms with Gasteiger partial charge in [0.2, 0.25) is 0 Å². The summed E-state index contributed by atoms with van der Waals surface area (Å²) in [6, 6.07) is 3.40. The molecular formula is C11H13NO2S. The van der Waals surface area contributed by atoms with Crippen molar-refractivity contribution in [2.75, 3.05) is 0 Å². The zero-order chi connectivity index (χ0) is 11.5. The third kappa shape index (κ3) is 3.39. The molecule has 0 radical (unpaired) electrons. The number of thiophene rings is 1. The minimum Gasteiger partial charge on any atom is -0.477 e. The first kappa shape index (κ1) is 11.8. The van der Waals surface area contributed by atoms with Gasteiger partial charge in [0, 0.05) is 11.4 Å². The monoisotopic (exact) mass is 223 g/mol. The molecule has 0 aliphatic heterocycles. The average molecular weight is 223 g/mol. The molecule has 0 bridgehead atoms. The Labute approximate surface area is 93.1 Å². The van der Waals surface area contributed by atoms with Crippen molar-refractivity contribution >= 4 is 17.3 Å². The van der Waals surface area contributed by atoms with Gasteiger partial charge in [0.15, 0.2) is 0 Å². The number of carbonyl (C=O) groups is 1. The predicted molar refractivity (Wildman–Crippen MR) is 61.0 cm³/mol. The van der Waals surface area contributed by atoms with Crippen molar-refractivity contribution < 1.29 is 9.90 Å². The zero-order valence-corrected chi connectivity index (χ0v) is 9.52. The molecule has 0 spiro atoms. The third-order valence-electron chi connectivity index (χ3n) is 1.94. The molecule has 2 N–H and O–H groups in total. The van der Waals surface area contributed by atoms with E-state index in [1.165, 1.54) is 11.3 Å². The maximum Gasteiger partial charge on any atom is 0.345 e. The van der Waals surface area contributed by atoms with Crippen LogP contribution in [0.25, 0.3) is 0 Å². The summed E-state index contributed by atoms with van der Waals surface area (Å²) in [4.78, 5) is 11.9. The smallest absolute Gasteiger partial charge is 0.345 e. The van der Waals surface area contributed by atoms with Crippen LogP contribution in [0.2, 0.25) is 0 Å². The van der Waals surface area contributed by atoms with Crippen LogP contribution in [0.5, 0.6) is 0 Å². The van der Waals surface area contributed by atoms with Crippen LogP contribution in [0.3, 0.4) is 0 Å². The molecule has 80 valence electrons. The largest absolute Gasteiger partial charge is 0.477 e. The molecule has 0 aromatic carbocycles. The first-order valence-corrected chi connectivity index (χ1v) is 5.31. The van der Waals surface area contributed by atoms with E-state index in [0.717, 1.165) is 4.88 Å². The van der Waals surface area contributed by atoms with E-state index in [9.17, 15) is 4.79 Å². The van der Waals surface area contributed by atoms with E-state index in [1.807, 2.05) is 13.8 Å². The second kappa shape index (κ2) is 4.47. The molecule has 0 atom stereocenters. The quantitative estimate of drug-likeness (QED) is 0.767. The minimum atomic E-state index is -0.887. The van der Waals surface area contributed by atoms with E-state index in [4.69, 9.17) is 11.5 Å². The van der Waals surface area contributed by atoms with Crippen LogP contribution < -0.4 is 5.32 Å². The maximum absolute atomic E-state index is 10.6. The molecule has 1 aromatic heterocycles. The van der Waals surface area contributed by atoms with Gasteiger partial charge in [0.05, 0.1) is 5.54 Å². The Balaban J connectivity index is 2.60. The number of terminal acetylenes is 1. The van der Waals surface area contributed by atoms with E-state index >= 15 is 0 Å². The Bertz CT molecular complexity index is 401. The average Bonchev–Trinajstić information content (AvgIpc) is 2.63. The van der Waals surface area contributed by atoms with Crippen molar-refractivity contribution in [2.45, 2.75) is 25.9 Å². The normalized spacial score (nSPS) is 11.0. The number of carboxylic acid groups (broad SMARTS) is 1. The Kier molecular flexibility index (Phi) is 3.51. The number of hydrogen-bond acceptors (Lipinski definition) is 3. The van der Waals surface area contributed by atoms with E-state index in [0.29, 0.717) is 11.4 Å². The van der Waals surface area contributed by atoms with Gasteiger partial charge in [-0.15, -0.1) is 17.8 Å². The van der Waals surface area contributed by atoms with Gasteiger partial charge in [-0.25, -0.2) is 4.79 Å². The molecule has 1 rings (SSSR count). The lowest BCUT2D eigenvalue weighted by Crippen LogP contribution is -2.36. The van der Waals surface area contributed by atoms with Gasteiger partial charge < -0.3 is 5.11 Å². The summed E-state index contributed by atoms with van der Waals surface area (Å²) >= 11 is 1.26. The van der Waals surface area contributed by atoms with Crippen LogP contribution in [0.4, 0.5) is 0 Å². The van der Waals surface area contributed by atoms with Gasteiger partial charge in [-0.3, -0.25) is 5.32 Å². The van der Waals surface area contributed by atoms with Gasteiger partial charge in [0.25, 0.3) is 0 Å². The molecule has 0 fully saturated rings. The molecule has 0 aliphatic rings. The number of hydrogen-bond donors (Lipinski definition) is 2. The Hall–Kier alpha value is -1.31. The summed E-state index contributed by atoms with van der Waals surface area (Å²) < 4.78 is 0. The Morgan fingerprint density at radius 2 is 2.33 bits per heavy atom. The van der Waals surface area contributed by atoms with Crippen molar-refractivity contribution in [3.8, 4) is 12.3 Å². The fourth-order valence-corrected chi connectivity index (χ4v) is 1.73. The Morgan fingerprint density at radius 1 is 1.67 bits per heavy atom. The summed E-state index contributed by atoms with van der Waals surface area (Å²) in [5.41, 5.74) is -0.368. The van der Waals surface area contributed by atoms with Gasteiger partial charge in [-0.2, -0.15) is 0 Å². The van der Waals surface area contributed by atoms with E-state index in [2.05, 4.69) is 11.2 Å². The van der Waals surface area contributed by atoms with Crippen LogP contribution in [-0.4, -0.2) is 16.6 Å². The molecule has 0 unspecified atom stereocenters. The highest BCUT2D eigenvalue weighted by molar-refractivity contribution is 7.13. The van der Waals surface area contributed by atoms with Crippen LogP contribution in [0, 0.1) is 12.3 Å². The number of carboxylic acids is 1. The first-order chi connectivity index (χ1) is 6.94. The summed E-state index contributed by atoms with van der Waals surface area (Å²) in [6.45, 7) is 4.40. The predicted octanol–water partition coefficient (Wildman–Crippen LogP) is 1.95. The van der Waals surface area contributed by atoms with Crippen molar-refractivity contribution in [1.29, 1.82) is 0 Å². The van der Waals surface area contributed by atoms with Gasteiger partial charge in [-0.05, 0) is 26.0 Å². The molecule has 4 heteroatoms. The van der Waals surface area contributed by atoms with Crippen molar-refractivity contribution in [1.82, 2.24) is 5.32 Å². The standard InChI is InChI=1S/C11H13NO2S/c1-4-11(2,3)12-7-8-5-6-9(15-8)10(13)14/h1,5-6,12H,7H2,2-3H3,(H,13,14). The fraction of sp³-hybridized carbons (Fsp3) is 0.364. The highest BCUT2D eigenvalue weighted by Crippen LogP contribution is 2.16. The fourth-order valence-electron chi connectivity index (χ4n) is 0.947. The maximum atomic E-state index is 10.6. The summed E-state index contributed by atoms with van der Waals surface area (Å²) in [7, 11) is 0. The number of rotatable bonds is 4. The lowest BCUT2D eigenvalue weighted by molar-refractivity contribution is 0.0702. The van der Waals surface area contributed by atoms with E-state index in [1.54, 1.807) is 12.1 Å². The van der Waals surface area contributed by atoms with Gasteiger partial charge in [0.1, 0.15) is 4.88 Å². The second-order valence-electron chi connectivity index (χ2n) is 3.69. The topological polar surface area (TPSA) is 49.3 Å². The van der Waals surface area contributed by atoms with Crippen molar-refractivity contribution in [3.05, 3.63) is 21.9 Å². The van der Waals surface area contributed by atoms with E-state index in [-0.39, 0.29) is 5.54 Å². The summed E-state index contributed by atoms with van der Waals surface area (Å²) in [5.74, 6) is 1.73. The van der Waals surface area contributed by atoms with Gasteiger partial charge in [-0.1, -0.05) is 5.92 Å². The third-order valence-corrected chi connectivity index (χ3v) is 3.01. The molecule has 0 amide bonds. The molecule has 1 heterocycles. The molecule has 15 heavy (non-hydrogen) atoms. The first-order valence-electron chi connectivity index (χ1n) is 4.49. The van der Waals surface area contributed by atoms with Crippen LogP contribution >= 0.6 is 11.3 Å². The van der Waals surface area contributed by atoms with Crippen LogP contribution in [0.1, 0.15) is 28.4 Å². The molecule has 1 aromatic rings. The molecule has 3 nitrogen and oxygen atoms in total. The number of aromatic carboxylic acids is 1. The van der Waals surface area contributed by atoms with Gasteiger partial charge >= 0.3 is 5.97 Å². The molecule has 0 saturated heterocycles. The second-order valence-corrected chi connectivity index (χ2v) is 4.86. The van der Waals surface area contributed by atoms with E-state index < -0.39 is 5.97 Å². The summed E-state index contributed by atoms with van der Waals surface area (Å²) in [5, 5.41) is 11.9. The van der Waals surface area contributed by atoms with Crippen molar-refractivity contribution in [3.63, 3.8) is 0 Å². The lowest BCUT2D eigenvalue weighted by Gasteiger charge is -2.18.